The van der Waals surface area contributed by atoms with Crippen LogP contribution in [0.3, 0.4) is 0 Å². The Morgan fingerprint density at radius 1 is 1.31 bits per heavy atom. The third-order valence-electron chi connectivity index (χ3n) is 2.66. The highest BCUT2D eigenvalue weighted by Gasteiger charge is 2.05. The Balaban J connectivity index is 0.000000606. The van der Waals surface area contributed by atoms with E-state index in [1.54, 1.807) is 7.11 Å². The molecule has 2 heteroatoms. The van der Waals surface area contributed by atoms with E-state index in [9.17, 15) is 0 Å². The minimum atomic E-state index is 0.929. The molecule has 2 nitrogen and oxygen atoms in total. The molecule has 0 aliphatic carbocycles. The fourth-order valence-corrected chi connectivity index (χ4v) is 1.86. The van der Waals surface area contributed by atoms with Crippen LogP contribution in [0.4, 0.5) is 0 Å². The van der Waals surface area contributed by atoms with Crippen LogP contribution in [0.25, 0.3) is 10.9 Å². The molecule has 0 aliphatic heterocycles. The third-order valence-corrected chi connectivity index (χ3v) is 2.66. The molecule has 0 unspecified atom stereocenters. The van der Waals surface area contributed by atoms with E-state index >= 15 is 0 Å². The van der Waals surface area contributed by atoms with Gasteiger partial charge in [0.1, 0.15) is 5.75 Å². The molecule has 86 valence electrons. The highest BCUT2D eigenvalue weighted by molar-refractivity contribution is 5.85. The molecule has 1 aromatic carbocycles. The molecule has 0 aliphatic rings. The van der Waals surface area contributed by atoms with Gasteiger partial charge in [-0.25, -0.2) is 0 Å². The van der Waals surface area contributed by atoms with Crippen molar-refractivity contribution in [3.8, 4) is 5.75 Å². The van der Waals surface area contributed by atoms with Crippen LogP contribution in [0, 0.1) is 0 Å². The Kier molecular flexibility index (Phi) is 4.18. The van der Waals surface area contributed by atoms with Crippen molar-refractivity contribution in [1.82, 2.24) is 4.57 Å². The standard InChI is InChI=1S/C12H15NO.C2H4/c1-4-9-8-13(2)12-6-5-10(14-3)7-11(9)12;1-2/h5-8H,4H2,1-3H3;1-2H2. The second-order valence-electron chi connectivity index (χ2n) is 3.50. The number of ether oxygens (including phenoxy) is 1. The van der Waals surface area contributed by atoms with Gasteiger partial charge in [0.15, 0.2) is 0 Å². The molecule has 0 atom stereocenters. The van der Waals surface area contributed by atoms with Crippen molar-refractivity contribution < 1.29 is 4.74 Å². The fourth-order valence-electron chi connectivity index (χ4n) is 1.86. The summed E-state index contributed by atoms with van der Waals surface area (Å²) in [5, 5.41) is 1.30. The van der Waals surface area contributed by atoms with Crippen LogP contribution in [-0.4, -0.2) is 11.7 Å². The van der Waals surface area contributed by atoms with Gasteiger partial charge in [-0.15, -0.1) is 13.2 Å². The van der Waals surface area contributed by atoms with E-state index in [1.807, 2.05) is 6.07 Å². The Bertz CT molecular complexity index is 471. The van der Waals surface area contributed by atoms with E-state index in [0.29, 0.717) is 0 Å². The molecule has 0 amide bonds. The lowest BCUT2D eigenvalue weighted by Crippen LogP contribution is -1.85. The summed E-state index contributed by atoms with van der Waals surface area (Å²) in [6.07, 6.45) is 3.24. The lowest BCUT2D eigenvalue weighted by Gasteiger charge is -2.01. The molecule has 2 rings (SSSR count). The van der Waals surface area contributed by atoms with Crippen molar-refractivity contribution >= 4 is 10.9 Å². The molecule has 2 aromatic rings. The predicted octanol–water partition coefficient (Wildman–Crippen LogP) is 3.55. The van der Waals surface area contributed by atoms with E-state index in [-0.39, 0.29) is 0 Å². The lowest BCUT2D eigenvalue weighted by molar-refractivity contribution is 0.415. The minimum absolute atomic E-state index is 0.929. The van der Waals surface area contributed by atoms with Crippen LogP contribution in [-0.2, 0) is 13.5 Å². The number of benzene rings is 1. The number of hydrogen-bond acceptors (Lipinski definition) is 1. The van der Waals surface area contributed by atoms with Crippen molar-refractivity contribution in [2.75, 3.05) is 7.11 Å². The second kappa shape index (κ2) is 5.40. The topological polar surface area (TPSA) is 14.2 Å². The molecule has 0 saturated carbocycles. The van der Waals surface area contributed by atoms with Crippen LogP contribution in [0.2, 0.25) is 0 Å². The van der Waals surface area contributed by atoms with Gasteiger partial charge in [0.2, 0.25) is 0 Å². The smallest absolute Gasteiger partial charge is 0.119 e. The molecule has 0 spiro atoms. The molecular formula is C14H19NO. The quantitative estimate of drug-likeness (QED) is 0.702. The number of aryl methyl sites for hydroxylation is 2. The summed E-state index contributed by atoms with van der Waals surface area (Å²) in [5.41, 5.74) is 2.64. The first-order valence-electron chi connectivity index (χ1n) is 5.38. The van der Waals surface area contributed by atoms with E-state index in [4.69, 9.17) is 4.74 Å². The van der Waals surface area contributed by atoms with Crippen molar-refractivity contribution in [3.05, 3.63) is 43.1 Å². The van der Waals surface area contributed by atoms with Crippen molar-refractivity contribution in [2.24, 2.45) is 7.05 Å². The monoisotopic (exact) mass is 217 g/mol. The maximum atomic E-state index is 5.22. The molecule has 0 N–H and O–H groups in total. The first-order valence-corrected chi connectivity index (χ1v) is 5.38. The summed E-state index contributed by atoms with van der Waals surface area (Å²) in [4.78, 5) is 0. The van der Waals surface area contributed by atoms with Crippen LogP contribution >= 0.6 is 0 Å². The highest BCUT2D eigenvalue weighted by atomic mass is 16.5. The van der Waals surface area contributed by atoms with E-state index in [0.717, 1.165) is 12.2 Å². The molecule has 16 heavy (non-hydrogen) atoms. The summed E-state index contributed by atoms with van der Waals surface area (Å²) in [5.74, 6) is 0.929. The van der Waals surface area contributed by atoms with Gasteiger partial charge in [0.05, 0.1) is 7.11 Å². The molecule has 0 radical (unpaired) electrons. The van der Waals surface area contributed by atoms with Crippen molar-refractivity contribution in [1.29, 1.82) is 0 Å². The van der Waals surface area contributed by atoms with E-state index in [1.165, 1.54) is 16.5 Å². The van der Waals surface area contributed by atoms with Crippen LogP contribution < -0.4 is 4.74 Å². The Morgan fingerprint density at radius 2 is 2.00 bits per heavy atom. The normalized spacial score (nSPS) is 9.69. The zero-order valence-corrected chi connectivity index (χ0v) is 10.3. The second-order valence-corrected chi connectivity index (χ2v) is 3.50. The summed E-state index contributed by atoms with van der Waals surface area (Å²) in [7, 11) is 3.78. The number of rotatable bonds is 2. The molecule has 0 bridgehead atoms. The van der Waals surface area contributed by atoms with Gasteiger partial charge in [-0.3, -0.25) is 0 Å². The lowest BCUT2D eigenvalue weighted by atomic mass is 10.1. The SMILES string of the molecule is C=C.CCc1cn(C)c2ccc(OC)cc12. The maximum absolute atomic E-state index is 5.22. The van der Waals surface area contributed by atoms with E-state index < -0.39 is 0 Å². The summed E-state index contributed by atoms with van der Waals surface area (Å²) in [6.45, 7) is 8.17. The van der Waals surface area contributed by atoms with Crippen LogP contribution in [0.5, 0.6) is 5.75 Å². The van der Waals surface area contributed by atoms with Gasteiger partial charge >= 0.3 is 0 Å². The number of nitrogens with zero attached hydrogens (tertiary/aromatic N) is 1. The Hall–Kier alpha value is -1.70. The van der Waals surface area contributed by atoms with Gasteiger partial charge in [-0.1, -0.05) is 6.92 Å². The Morgan fingerprint density at radius 3 is 2.56 bits per heavy atom. The maximum Gasteiger partial charge on any atom is 0.119 e. The van der Waals surface area contributed by atoms with Crippen LogP contribution in [0.1, 0.15) is 12.5 Å². The van der Waals surface area contributed by atoms with Gasteiger partial charge in [0.25, 0.3) is 0 Å². The number of fused-ring (bicyclic) bond motifs is 1. The summed E-state index contributed by atoms with van der Waals surface area (Å²) in [6, 6.07) is 6.21. The largest absolute Gasteiger partial charge is 0.497 e. The third kappa shape index (κ3) is 2.11. The molecule has 1 heterocycles. The van der Waals surface area contributed by atoms with Crippen LogP contribution in [0.15, 0.2) is 37.6 Å². The zero-order valence-electron chi connectivity index (χ0n) is 10.3. The molecule has 1 aromatic heterocycles. The molecule has 0 saturated heterocycles. The predicted molar refractivity (Wildman–Crippen MR) is 70.1 cm³/mol. The fraction of sp³-hybridized carbons (Fsp3) is 0.286. The molecular weight excluding hydrogens is 198 g/mol. The van der Waals surface area contributed by atoms with Gasteiger partial charge in [0, 0.05) is 24.1 Å². The van der Waals surface area contributed by atoms with E-state index in [2.05, 4.69) is 50.0 Å². The van der Waals surface area contributed by atoms with Crippen molar-refractivity contribution in [2.45, 2.75) is 13.3 Å². The number of aromatic nitrogens is 1. The van der Waals surface area contributed by atoms with Crippen molar-refractivity contribution in [3.63, 3.8) is 0 Å². The minimum Gasteiger partial charge on any atom is -0.497 e. The van der Waals surface area contributed by atoms with Gasteiger partial charge < -0.3 is 9.30 Å². The zero-order chi connectivity index (χ0) is 12.1. The highest BCUT2D eigenvalue weighted by Crippen LogP contribution is 2.25. The number of methoxy groups -OCH3 is 1. The summed E-state index contributed by atoms with van der Waals surface area (Å²) < 4.78 is 7.38. The van der Waals surface area contributed by atoms with Gasteiger partial charge in [-0.2, -0.15) is 0 Å². The summed E-state index contributed by atoms with van der Waals surface area (Å²) >= 11 is 0. The first kappa shape index (κ1) is 12.4. The number of hydrogen-bond donors (Lipinski definition) is 0. The first-order chi connectivity index (χ1) is 7.76. The average Bonchev–Trinajstić information content (AvgIpc) is 2.68. The van der Waals surface area contributed by atoms with Gasteiger partial charge in [-0.05, 0) is 30.2 Å². The average molecular weight is 217 g/mol. The molecule has 0 fully saturated rings. The Labute approximate surface area is 97.2 Å².